The van der Waals surface area contributed by atoms with Crippen molar-refractivity contribution in [3.05, 3.63) is 17.5 Å². The Morgan fingerprint density at radius 2 is 2.27 bits per heavy atom. The molecule has 0 aliphatic heterocycles. The third-order valence-corrected chi connectivity index (χ3v) is 3.45. The van der Waals surface area contributed by atoms with Crippen LogP contribution in [0.5, 0.6) is 0 Å². The molecule has 1 fully saturated rings. The van der Waals surface area contributed by atoms with E-state index in [1.54, 1.807) is 0 Å². The second kappa shape index (κ2) is 3.97. The van der Waals surface area contributed by atoms with Crippen LogP contribution in [0.4, 0.5) is 0 Å². The molecule has 1 aromatic rings. The summed E-state index contributed by atoms with van der Waals surface area (Å²) in [6.07, 6.45) is 4.94. The van der Waals surface area contributed by atoms with E-state index in [4.69, 9.17) is 0 Å². The normalized spacial score (nSPS) is 18.1. The van der Waals surface area contributed by atoms with Crippen LogP contribution in [-0.4, -0.2) is 23.4 Å². The summed E-state index contributed by atoms with van der Waals surface area (Å²) in [5.41, 5.74) is 3.14. The van der Waals surface area contributed by atoms with Crippen molar-refractivity contribution in [2.45, 2.75) is 32.6 Å². The van der Waals surface area contributed by atoms with Gasteiger partial charge in [-0.15, -0.1) is 0 Å². The van der Waals surface area contributed by atoms with Gasteiger partial charge >= 0.3 is 0 Å². The van der Waals surface area contributed by atoms with Crippen molar-refractivity contribution in [2.75, 3.05) is 13.6 Å². The summed E-state index contributed by atoms with van der Waals surface area (Å²) in [7, 11) is 4.10. The zero-order valence-corrected chi connectivity index (χ0v) is 10.0. The van der Waals surface area contributed by atoms with Crippen molar-refractivity contribution >= 4 is 0 Å². The molecule has 0 amide bonds. The largest absolute Gasteiger partial charge is 0.319 e. The summed E-state index contributed by atoms with van der Waals surface area (Å²) in [5.74, 6) is 0. The van der Waals surface area contributed by atoms with Gasteiger partial charge in [-0.3, -0.25) is 4.68 Å². The van der Waals surface area contributed by atoms with Crippen LogP contribution in [0.3, 0.4) is 0 Å². The van der Waals surface area contributed by atoms with E-state index in [9.17, 15) is 0 Å². The Morgan fingerprint density at radius 1 is 1.53 bits per heavy atom. The SMILES string of the molecule is CCc1cc(CC2(CNC)CC2)n(C)n1. The van der Waals surface area contributed by atoms with Gasteiger partial charge in [-0.25, -0.2) is 0 Å². The maximum absolute atomic E-state index is 4.50. The molecule has 0 radical (unpaired) electrons. The minimum absolute atomic E-state index is 0.535. The van der Waals surface area contributed by atoms with Gasteiger partial charge in [0.25, 0.3) is 0 Å². The van der Waals surface area contributed by atoms with Crippen molar-refractivity contribution in [2.24, 2.45) is 12.5 Å². The predicted octanol–water partition coefficient (Wildman–Crippen LogP) is 1.52. The fraction of sp³-hybridized carbons (Fsp3) is 0.750. The van der Waals surface area contributed by atoms with Crippen LogP contribution in [0.15, 0.2) is 6.07 Å². The molecule has 1 heterocycles. The lowest BCUT2D eigenvalue weighted by Crippen LogP contribution is -2.22. The molecule has 1 aliphatic rings. The molecule has 3 heteroatoms. The topological polar surface area (TPSA) is 29.9 Å². The highest BCUT2D eigenvalue weighted by molar-refractivity contribution is 5.15. The Kier molecular flexibility index (Phi) is 2.83. The average molecular weight is 207 g/mol. The van der Waals surface area contributed by atoms with E-state index >= 15 is 0 Å². The lowest BCUT2D eigenvalue weighted by atomic mass is 10.00. The Hall–Kier alpha value is -0.830. The summed E-state index contributed by atoms with van der Waals surface area (Å²) >= 11 is 0. The summed E-state index contributed by atoms with van der Waals surface area (Å²) in [4.78, 5) is 0. The lowest BCUT2D eigenvalue weighted by Gasteiger charge is -2.13. The molecule has 0 spiro atoms. The second-order valence-corrected chi connectivity index (χ2v) is 4.81. The fourth-order valence-corrected chi connectivity index (χ4v) is 2.26. The summed E-state index contributed by atoms with van der Waals surface area (Å²) in [5, 5.41) is 7.80. The van der Waals surface area contributed by atoms with Gasteiger partial charge in [0.1, 0.15) is 0 Å². The third kappa shape index (κ3) is 2.23. The van der Waals surface area contributed by atoms with Gasteiger partial charge in [-0.2, -0.15) is 5.10 Å². The molecule has 84 valence electrons. The Bertz CT molecular complexity index is 337. The first-order valence-electron chi connectivity index (χ1n) is 5.85. The van der Waals surface area contributed by atoms with Gasteiger partial charge in [-0.1, -0.05) is 6.92 Å². The van der Waals surface area contributed by atoms with Crippen LogP contribution < -0.4 is 5.32 Å². The molecule has 0 atom stereocenters. The van der Waals surface area contributed by atoms with E-state index in [2.05, 4.69) is 35.1 Å². The van der Waals surface area contributed by atoms with Crippen molar-refractivity contribution in [3.8, 4) is 0 Å². The monoisotopic (exact) mass is 207 g/mol. The molecule has 1 N–H and O–H groups in total. The van der Waals surface area contributed by atoms with Gasteiger partial charge in [-0.05, 0) is 44.2 Å². The number of aryl methyl sites for hydroxylation is 2. The zero-order valence-electron chi connectivity index (χ0n) is 10.0. The first-order chi connectivity index (χ1) is 7.19. The first-order valence-corrected chi connectivity index (χ1v) is 5.85. The highest BCUT2D eigenvalue weighted by Gasteiger charge is 2.42. The van der Waals surface area contributed by atoms with Crippen molar-refractivity contribution in [1.29, 1.82) is 0 Å². The minimum Gasteiger partial charge on any atom is -0.319 e. The molecular formula is C12H21N3. The average Bonchev–Trinajstić information content (AvgIpc) is 2.87. The molecule has 15 heavy (non-hydrogen) atoms. The maximum Gasteiger partial charge on any atom is 0.0624 e. The fourth-order valence-electron chi connectivity index (χ4n) is 2.26. The first kappa shape index (κ1) is 10.7. The summed E-state index contributed by atoms with van der Waals surface area (Å²) in [6, 6.07) is 2.26. The quantitative estimate of drug-likeness (QED) is 0.793. The Morgan fingerprint density at radius 3 is 2.73 bits per heavy atom. The molecule has 2 rings (SSSR count). The van der Waals surface area contributed by atoms with Gasteiger partial charge in [0, 0.05) is 19.3 Å². The number of rotatable bonds is 5. The van der Waals surface area contributed by atoms with E-state index in [1.807, 2.05) is 7.05 Å². The van der Waals surface area contributed by atoms with Gasteiger partial charge in [0.15, 0.2) is 0 Å². The van der Waals surface area contributed by atoms with Crippen LogP contribution in [0.1, 0.15) is 31.2 Å². The predicted molar refractivity (Wildman–Crippen MR) is 61.9 cm³/mol. The van der Waals surface area contributed by atoms with Gasteiger partial charge in [0.2, 0.25) is 0 Å². The number of hydrogen-bond acceptors (Lipinski definition) is 2. The van der Waals surface area contributed by atoms with E-state index in [0.29, 0.717) is 5.41 Å². The smallest absolute Gasteiger partial charge is 0.0624 e. The lowest BCUT2D eigenvalue weighted by molar-refractivity contribution is 0.462. The highest BCUT2D eigenvalue weighted by atomic mass is 15.3. The van der Waals surface area contributed by atoms with E-state index in [0.717, 1.165) is 13.0 Å². The number of nitrogens with zero attached hydrogens (tertiary/aromatic N) is 2. The van der Waals surface area contributed by atoms with E-state index < -0.39 is 0 Å². The molecule has 1 aromatic heterocycles. The van der Waals surface area contributed by atoms with E-state index in [-0.39, 0.29) is 0 Å². The van der Waals surface area contributed by atoms with Crippen LogP contribution >= 0.6 is 0 Å². The zero-order chi connectivity index (χ0) is 10.9. The molecule has 0 bridgehead atoms. The molecule has 0 aromatic carbocycles. The van der Waals surface area contributed by atoms with Crippen LogP contribution in [0.25, 0.3) is 0 Å². The molecule has 0 unspecified atom stereocenters. The molecular weight excluding hydrogens is 186 g/mol. The number of aromatic nitrogens is 2. The van der Waals surface area contributed by atoms with Gasteiger partial charge in [0.05, 0.1) is 5.69 Å². The van der Waals surface area contributed by atoms with Crippen molar-refractivity contribution < 1.29 is 0 Å². The van der Waals surface area contributed by atoms with Crippen LogP contribution in [0, 0.1) is 5.41 Å². The number of hydrogen-bond donors (Lipinski definition) is 1. The number of nitrogens with one attached hydrogen (secondary N) is 1. The minimum atomic E-state index is 0.535. The summed E-state index contributed by atoms with van der Waals surface area (Å²) in [6.45, 7) is 3.30. The molecule has 3 nitrogen and oxygen atoms in total. The molecule has 1 aliphatic carbocycles. The third-order valence-electron chi connectivity index (χ3n) is 3.45. The van der Waals surface area contributed by atoms with Crippen molar-refractivity contribution in [3.63, 3.8) is 0 Å². The van der Waals surface area contributed by atoms with Crippen LogP contribution in [0.2, 0.25) is 0 Å². The Balaban J connectivity index is 2.07. The molecule has 1 saturated carbocycles. The maximum atomic E-state index is 4.50. The standard InChI is InChI=1S/C12H21N3/c1-4-10-7-11(15(3)14-10)8-12(5-6-12)9-13-2/h7,13H,4-6,8-9H2,1-3H3. The summed E-state index contributed by atoms with van der Waals surface area (Å²) < 4.78 is 2.05. The molecule has 0 saturated heterocycles. The van der Waals surface area contributed by atoms with Crippen molar-refractivity contribution in [1.82, 2.24) is 15.1 Å². The van der Waals surface area contributed by atoms with Gasteiger partial charge < -0.3 is 5.32 Å². The highest BCUT2D eigenvalue weighted by Crippen LogP contribution is 2.47. The Labute approximate surface area is 91.9 Å². The van der Waals surface area contributed by atoms with Crippen LogP contribution in [-0.2, 0) is 19.9 Å². The van der Waals surface area contributed by atoms with E-state index in [1.165, 1.54) is 30.7 Å². The second-order valence-electron chi connectivity index (χ2n) is 4.81.